The normalized spacial score (nSPS) is 10.6. The summed E-state index contributed by atoms with van der Waals surface area (Å²) in [6.45, 7) is 20.9. The van der Waals surface area contributed by atoms with Gasteiger partial charge in [-0.3, -0.25) is 38.9 Å². The minimum absolute atomic E-state index is 0. The zero-order chi connectivity index (χ0) is 93.2. The minimum atomic E-state index is -0.125. The van der Waals surface area contributed by atoms with Gasteiger partial charge in [-0.05, 0) is 171 Å². The molecule has 5 aromatic heterocycles. The van der Waals surface area contributed by atoms with Gasteiger partial charge >= 0.3 is 0 Å². The fraction of sp³-hybridized carbons (Fsp3) is 0.123. The van der Waals surface area contributed by atoms with Crippen LogP contribution in [0.15, 0.2) is 393 Å². The van der Waals surface area contributed by atoms with Crippen LogP contribution >= 0.6 is 0 Å². The van der Waals surface area contributed by atoms with Crippen LogP contribution in [0.4, 0.5) is 0 Å². The van der Waals surface area contributed by atoms with Gasteiger partial charge in [0.15, 0.2) is 28.9 Å². The number of carbonyl (C=O) groups excluding carboxylic acids is 5. The van der Waals surface area contributed by atoms with E-state index in [1.54, 1.807) is 0 Å². The largest absolute Gasteiger partial charge is 0.512 e. The molecule has 0 amide bonds. The van der Waals surface area contributed by atoms with Gasteiger partial charge in [0.2, 0.25) is 0 Å². The van der Waals surface area contributed by atoms with Gasteiger partial charge in [-0.2, -0.15) is 0 Å². The molecule has 695 valence electrons. The molecule has 17 aromatic rings. The van der Waals surface area contributed by atoms with Crippen LogP contribution in [-0.2, 0) is 130 Å². The molecule has 0 saturated carbocycles. The summed E-state index contributed by atoms with van der Waals surface area (Å²) in [5.41, 5.74) is 17.0. The Kier molecular flexibility index (Phi) is 52.0. The Morgan fingerprint density at radius 2 is 0.582 bits per heavy atom. The van der Waals surface area contributed by atoms with Crippen molar-refractivity contribution in [3.8, 4) is 67.4 Å². The summed E-state index contributed by atoms with van der Waals surface area (Å²) in [6.07, 6.45) is 9.54. The quantitative estimate of drug-likeness (QED) is 0.0459. The predicted octanol–water partition coefficient (Wildman–Crippen LogP) is 27.8. The molecular formula is C114H104Ir5N5O10-5. The smallest absolute Gasteiger partial charge is 0.155 e. The maximum absolute atomic E-state index is 10.0. The van der Waals surface area contributed by atoms with E-state index in [9.17, 15) is 24.0 Å². The van der Waals surface area contributed by atoms with Gasteiger partial charge in [0.25, 0.3) is 0 Å². The number of fused-ring (bicyclic) bond motifs is 6. The molecule has 0 saturated heterocycles. The molecule has 0 atom stereocenters. The van der Waals surface area contributed by atoms with Crippen molar-refractivity contribution in [2.45, 2.75) is 95.4 Å². The van der Waals surface area contributed by atoms with Crippen molar-refractivity contribution in [3.63, 3.8) is 0 Å². The van der Waals surface area contributed by atoms with E-state index in [-0.39, 0.29) is 164 Å². The average molecular weight is 2670 g/mol. The second kappa shape index (κ2) is 60.4. The average Bonchev–Trinajstić information content (AvgIpc) is 0.804. The van der Waals surface area contributed by atoms with E-state index < -0.39 is 0 Å². The fourth-order valence-electron chi connectivity index (χ4n) is 12.6. The van der Waals surface area contributed by atoms with Gasteiger partial charge in [-0.25, -0.2) is 0 Å². The van der Waals surface area contributed by atoms with Crippen LogP contribution in [0, 0.1) is 30.3 Å². The molecule has 17 rings (SSSR count). The number of aromatic nitrogens is 5. The third kappa shape index (κ3) is 40.4. The van der Waals surface area contributed by atoms with E-state index >= 15 is 0 Å². The maximum Gasteiger partial charge on any atom is 0.155 e. The number of rotatable bonds is 11. The molecule has 0 unspecified atom stereocenters. The molecule has 0 bridgehead atoms. The van der Waals surface area contributed by atoms with Crippen molar-refractivity contribution >= 4 is 93.9 Å². The third-order valence-corrected chi connectivity index (χ3v) is 18.2. The molecule has 134 heavy (non-hydrogen) atoms. The van der Waals surface area contributed by atoms with Gasteiger partial charge in [-0.15, -0.1) is 166 Å². The van der Waals surface area contributed by atoms with Crippen LogP contribution in [0.25, 0.3) is 132 Å². The van der Waals surface area contributed by atoms with Crippen LogP contribution in [0.3, 0.4) is 0 Å². The number of hydrogen-bond donors (Lipinski definition) is 5. The van der Waals surface area contributed by atoms with E-state index in [0.29, 0.717) is 0 Å². The van der Waals surface area contributed by atoms with E-state index in [0.717, 1.165) is 83.6 Å². The van der Waals surface area contributed by atoms with Crippen molar-refractivity contribution in [2.75, 3.05) is 0 Å². The number of para-hydroxylation sites is 3. The van der Waals surface area contributed by atoms with Gasteiger partial charge < -0.3 is 35.5 Å². The Bertz CT molecular complexity index is 6490. The van der Waals surface area contributed by atoms with Gasteiger partial charge in [-0.1, -0.05) is 231 Å². The van der Waals surface area contributed by atoms with Crippen molar-refractivity contribution in [2.24, 2.45) is 0 Å². The summed E-state index contributed by atoms with van der Waals surface area (Å²) in [6, 6.07) is 125. The summed E-state index contributed by atoms with van der Waals surface area (Å²) >= 11 is 0. The Labute approximate surface area is 853 Å². The molecule has 0 fully saturated rings. The van der Waals surface area contributed by atoms with E-state index in [1.807, 2.05) is 182 Å². The SMILES string of the molecule is CC(=O)C=C(C)O.CC(=O)C=C(C)O.CC(=O)C=C(C)O.CC(=O)C=C(C)O.CC(=O)C=C(C)O.CC(C)(C)c1c[c-]c(-c2nccc3ccccc23)cc1.[Ir].[Ir].[Ir].[Ir].[Ir].[c-]1cc(-c2ccccc2)ccc1-c1ccc2ccccc2n1.[c-]1cc2ccccc2cc1-c1ccc2ccccc2n1.[c-]1ccccc1-c1ccc2ccccc2n1.[c-]1ccccc1-c1nccc2ccccc12. The molecule has 0 aliphatic heterocycles. The number of allylic oxidation sites excluding steroid dienone is 10. The molecular weight excluding hydrogens is 2560 g/mol. The second-order valence-corrected chi connectivity index (χ2v) is 30.5. The number of ketones is 5. The van der Waals surface area contributed by atoms with Crippen molar-refractivity contribution in [1.29, 1.82) is 0 Å². The second-order valence-electron chi connectivity index (χ2n) is 30.5. The van der Waals surface area contributed by atoms with E-state index in [2.05, 4.69) is 218 Å². The summed E-state index contributed by atoms with van der Waals surface area (Å²) in [7, 11) is 0. The first-order chi connectivity index (χ1) is 61.9. The maximum atomic E-state index is 10.0. The molecule has 5 radical (unpaired) electrons. The molecule has 0 aliphatic rings. The summed E-state index contributed by atoms with van der Waals surface area (Å²) < 4.78 is 0. The zero-order valence-electron chi connectivity index (χ0n) is 76.3. The first-order valence-corrected chi connectivity index (χ1v) is 41.5. The molecule has 0 spiro atoms. The van der Waals surface area contributed by atoms with Gasteiger partial charge in [0.05, 0.1) is 45.3 Å². The minimum Gasteiger partial charge on any atom is -0.512 e. The Morgan fingerprint density at radius 3 is 0.925 bits per heavy atom. The standard InChI is InChI=1S/C21H14N.C19H12N.C19H18N.2C15H10N.5C5H8O2.5Ir/c1-2-6-16(7-3-1)17-10-12-19(13-11-17)21-15-14-18-8-4-5-9-20(18)22-21;1-2-7-16-13-17(10-9-14(16)5-1)19-12-11-15-6-3-4-8-18(15)20-19;1-19(2,3)16-10-8-15(9-11-16)18-17-7-5-4-6-14(17)12-13-20-18;1-2-7-13(8-3-1)15-14-9-5-4-6-12(14)10-11-16-15;1-2-6-12(7-3-1)15-11-10-13-8-4-5-9-14(13)16-15;5*1-4(6)3-5(2)7;;;;;/h1-12,14-15H;1-9,11-13H;4-8,10-13H,1-3H3;1-7,9-11H;1-6,8-11H;5*3,6H,1-2H3;;;;;/q5*-1;;;;;;;;;;. The Hall–Kier alpha value is -12.8. The molecule has 20 heteroatoms. The number of aliphatic hydroxyl groups is 5. The zero-order valence-corrected chi connectivity index (χ0v) is 88.3. The number of nitrogens with zero attached hydrogens (tertiary/aromatic N) is 5. The molecule has 12 aromatic carbocycles. The first kappa shape index (κ1) is 115. The Morgan fingerprint density at radius 1 is 0.269 bits per heavy atom. The van der Waals surface area contributed by atoms with E-state index in [1.165, 1.54) is 154 Å². The van der Waals surface area contributed by atoms with Crippen LogP contribution in [0.2, 0.25) is 0 Å². The number of pyridine rings is 5. The van der Waals surface area contributed by atoms with Crippen LogP contribution in [-0.4, -0.2) is 79.4 Å². The molecule has 5 N–H and O–H groups in total. The molecule has 0 aliphatic carbocycles. The number of benzene rings is 12. The Balaban J connectivity index is 0.000000394. The first-order valence-electron chi connectivity index (χ1n) is 41.5. The van der Waals surface area contributed by atoms with Crippen molar-refractivity contribution in [1.82, 2.24) is 24.9 Å². The number of carbonyl (C=O) groups is 5. The van der Waals surface area contributed by atoms with Gasteiger partial charge in [0, 0.05) is 143 Å². The fourth-order valence-corrected chi connectivity index (χ4v) is 12.6. The summed E-state index contributed by atoms with van der Waals surface area (Å²) in [5, 5.41) is 52.5. The topological polar surface area (TPSA) is 251 Å². The summed E-state index contributed by atoms with van der Waals surface area (Å²) in [4.78, 5) is 73.1. The van der Waals surface area contributed by atoms with Gasteiger partial charge in [0.1, 0.15) is 0 Å². The van der Waals surface area contributed by atoms with Crippen LogP contribution in [0.5, 0.6) is 0 Å². The number of hydrogen-bond acceptors (Lipinski definition) is 15. The molecule has 15 nitrogen and oxygen atoms in total. The van der Waals surface area contributed by atoms with Crippen LogP contribution < -0.4 is 0 Å². The summed E-state index contributed by atoms with van der Waals surface area (Å²) in [5.74, 6) is -0.312. The molecule has 5 heterocycles. The third-order valence-electron chi connectivity index (χ3n) is 18.2. The number of aliphatic hydroxyl groups excluding tert-OH is 5. The van der Waals surface area contributed by atoms with E-state index in [4.69, 9.17) is 35.5 Å². The van der Waals surface area contributed by atoms with Crippen molar-refractivity contribution in [3.05, 3.63) is 429 Å². The van der Waals surface area contributed by atoms with Crippen LogP contribution in [0.1, 0.15) is 95.6 Å². The monoisotopic (exact) mass is 2670 g/mol. The van der Waals surface area contributed by atoms with Crippen molar-refractivity contribution < 1.29 is 150 Å². The predicted molar refractivity (Wildman–Crippen MR) is 527 cm³/mol.